The van der Waals surface area contributed by atoms with Crippen molar-refractivity contribution < 1.29 is 4.74 Å². The molecule has 0 radical (unpaired) electrons. The Morgan fingerprint density at radius 3 is 2.36 bits per heavy atom. The van der Waals surface area contributed by atoms with E-state index in [2.05, 4.69) is 54.6 Å². The third kappa shape index (κ3) is 5.08. The fourth-order valence-corrected chi connectivity index (χ4v) is 3.00. The van der Waals surface area contributed by atoms with Gasteiger partial charge < -0.3 is 15.4 Å². The number of ether oxygens (including phenoxy) is 1. The fraction of sp³-hybridized carbons (Fsp3) is 0.304. The van der Waals surface area contributed by atoms with Crippen molar-refractivity contribution in [3.8, 4) is 11.3 Å². The number of methoxy groups -OCH3 is 1. The first kappa shape index (κ1) is 19.8. The van der Waals surface area contributed by atoms with Crippen LogP contribution in [0.1, 0.15) is 26.3 Å². The van der Waals surface area contributed by atoms with Crippen molar-refractivity contribution in [3.05, 3.63) is 66.2 Å². The number of aromatic nitrogens is 2. The number of anilines is 3. The summed E-state index contributed by atoms with van der Waals surface area (Å²) in [6.07, 6.45) is 0. The van der Waals surface area contributed by atoms with E-state index < -0.39 is 0 Å². The van der Waals surface area contributed by atoms with Crippen LogP contribution in [-0.2, 0) is 10.2 Å². The van der Waals surface area contributed by atoms with Crippen molar-refractivity contribution in [1.82, 2.24) is 9.97 Å². The third-order valence-corrected chi connectivity index (χ3v) is 4.39. The molecule has 0 spiro atoms. The lowest BCUT2D eigenvalue weighted by Gasteiger charge is -2.23. The van der Waals surface area contributed by atoms with E-state index in [0.717, 1.165) is 22.8 Å². The molecular formula is C23H28N4O. The minimum absolute atomic E-state index is 0.0141. The van der Waals surface area contributed by atoms with E-state index in [-0.39, 0.29) is 5.41 Å². The summed E-state index contributed by atoms with van der Waals surface area (Å²) in [5.74, 6) is 1.33. The largest absolute Gasteiger partial charge is 0.383 e. The zero-order valence-electron chi connectivity index (χ0n) is 17.0. The van der Waals surface area contributed by atoms with Gasteiger partial charge in [0.2, 0.25) is 5.95 Å². The highest BCUT2D eigenvalue weighted by Crippen LogP contribution is 2.31. The Morgan fingerprint density at radius 1 is 0.929 bits per heavy atom. The Morgan fingerprint density at radius 2 is 1.64 bits per heavy atom. The molecule has 5 nitrogen and oxygen atoms in total. The van der Waals surface area contributed by atoms with Crippen molar-refractivity contribution in [2.75, 3.05) is 30.9 Å². The molecule has 2 N–H and O–H groups in total. The lowest BCUT2D eigenvalue weighted by molar-refractivity contribution is 0.210. The third-order valence-electron chi connectivity index (χ3n) is 4.39. The molecule has 0 saturated carbocycles. The highest BCUT2D eigenvalue weighted by atomic mass is 16.5. The molecule has 0 bridgehead atoms. The van der Waals surface area contributed by atoms with Gasteiger partial charge in [-0.3, -0.25) is 0 Å². The van der Waals surface area contributed by atoms with Gasteiger partial charge in [0.25, 0.3) is 0 Å². The Kier molecular flexibility index (Phi) is 6.26. The van der Waals surface area contributed by atoms with E-state index in [1.54, 1.807) is 7.11 Å². The topological polar surface area (TPSA) is 59.1 Å². The highest BCUT2D eigenvalue weighted by Gasteiger charge is 2.18. The fourth-order valence-electron chi connectivity index (χ4n) is 3.00. The summed E-state index contributed by atoms with van der Waals surface area (Å²) in [4.78, 5) is 9.42. The summed E-state index contributed by atoms with van der Waals surface area (Å²) in [7, 11) is 1.69. The molecule has 3 aromatic rings. The van der Waals surface area contributed by atoms with Crippen LogP contribution in [-0.4, -0.2) is 30.2 Å². The summed E-state index contributed by atoms with van der Waals surface area (Å²) in [5, 5.41) is 6.74. The molecule has 28 heavy (non-hydrogen) atoms. The van der Waals surface area contributed by atoms with E-state index in [9.17, 15) is 0 Å². The minimum atomic E-state index is 0.0141. The minimum Gasteiger partial charge on any atom is -0.383 e. The molecule has 0 aliphatic heterocycles. The second-order valence-corrected chi connectivity index (χ2v) is 7.67. The predicted octanol–water partition coefficient (Wildman–Crippen LogP) is 5.24. The van der Waals surface area contributed by atoms with Crippen LogP contribution >= 0.6 is 0 Å². The van der Waals surface area contributed by atoms with E-state index in [0.29, 0.717) is 19.1 Å². The van der Waals surface area contributed by atoms with Gasteiger partial charge in [0.15, 0.2) is 0 Å². The first-order chi connectivity index (χ1) is 13.5. The van der Waals surface area contributed by atoms with Crippen molar-refractivity contribution in [1.29, 1.82) is 0 Å². The first-order valence-electron chi connectivity index (χ1n) is 9.51. The van der Waals surface area contributed by atoms with Crippen molar-refractivity contribution >= 4 is 17.5 Å². The van der Waals surface area contributed by atoms with Crippen LogP contribution < -0.4 is 10.6 Å². The van der Waals surface area contributed by atoms with Gasteiger partial charge in [0.05, 0.1) is 12.3 Å². The first-order valence-corrected chi connectivity index (χ1v) is 9.51. The summed E-state index contributed by atoms with van der Waals surface area (Å²) >= 11 is 0. The van der Waals surface area contributed by atoms with Gasteiger partial charge in [0.1, 0.15) is 5.82 Å². The van der Waals surface area contributed by atoms with Gasteiger partial charge in [-0.1, -0.05) is 69.3 Å². The van der Waals surface area contributed by atoms with Gasteiger partial charge >= 0.3 is 0 Å². The lowest BCUT2D eigenvalue weighted by atomic mass is 9.86. The van der Waals surface area contributed by atoms with Crippen molar-refractivity contribution in [2.24, 2.45) is 0 Å². The van der Waals surface area contributed by atoms with Gasteiger partial charge in [-0.25, -0.2) is 4.98 Å². The van der Waals surface area contributed by atoms with E-state index in [4.69, 9.17) is 9.72 Å². The molecule has 0 amide bonds. The molecular weight excluding hydrogens is 348 g/mol. The number of hydrogen-bond acceptors (Lipinski definition) is 5. The number of rotatable bonds is 7. The zero-order chi connectivity index (χ0) is 20.0. The normalized spacial score (nSPS) is 11.3. The zero-order valence-corrected chi connectivity index (χ0v) is 17.0. The SMILES string of the molecule is COCCNc1cc(-c2ccccc2)nc(Nc2ccccc2C(C)(C)C)n1. The van der Waals surface area contributed by atoms with Crippen molar-refractivity contribution in [2.45, 2.75) is 26.2 Å². The van der Waals surface area contributed by atoms with Crippen LogP contribution in [0.5, 0.6) is 0 Å². The Bertz CT molecular complexity index is 904. The second-order valence-electron chi connectivity index (χ2n) is 7.67. The number of benzene rings is 2. The Balaban J connectivity index is 1.97. The maximum Gasteiger partial charge on any atom is 0.229 e. The summed E-state index contributed by atoms with van der Waals surface area (Å²) in [5.41, 5.74) is 4.17. The average Bonchev–Trinajstić information content (AvgIpc) is 2.68. The molecule has 5 heteroatoms. The van der Waals surface area contributed by atoms with Gasteiger partial charge in [0, 0.05) is 31.0 Å². The Labute approximate surface area is 167 Å². The number of hydrogen-bond donors (Lipinski definition) is 2. The molecule has 2 aromatic carbocycles. The van der Waals surface area contributed by atoms with Crippen LogP contribution in [0, 0.1) is 0 Å². The van der Waals surface area contributed by atoms with Crippen LogP contribution in [0.15, 0.2) is 60.7 Å². The smallest absolute Gasteiger partial charge is 0.229 e. The Hall–Kier alpha value is -2.92. The summed E-state index contributed by atoms with van der Waals surface area (Å²) in [6.45, 7) is 7.89. The molecule has 146 valence electrons. The second kappa shape index (κ2) is 8.85. The van der Waals surface area contributed by atoms with E-state index in [1.165, 1.54) is 5.56 Å². The molecule has 0 fully saturated rings. The molecule has 1 heterocycles. The molecule has 1 aromatic heterocycles. The van der Waals surface area contributed by atoms with Gasteiger partial charge in [-0.2, -0.15) is 4.98 Å². The van der Waals surface area contributed by atoms with Gasteiger partial charge in [-0.15, -0.1) is 0 Å². The summed E-state index contributed by atoms with van der Waals surface area (Å²) in [6, 6.07) is 20.4. The molecule has 0 aliphatic carbocycles. The van der Waals surface area contributed by atoms with E-state index in [1.807, 2.05) is 42.5 Å². The average molecular weight is 377 g/mol. The molecule has 0 saturated heterocycles. The summed E-state index contributed by atoms with van der Waals surface area (Å²) < 4.78 is 5.14. The molecule has 0 aliphatic rings. The predicted molar refractivity (Wildman–Crippen MR) is 116 cm³/mol. The maximum atomic E-state index is 5.14. The van der Waals surface area contributed by atoms with Crippen LogP contribution in [0.2, 0.25) is 0 Å². The number of nitrogens with zero attached hydrogens (tertiary/aromatic N) is 2. The molecule has 3 rings (SSSR count). The molecule has 0 atom stereocenters. The van der Waals surface area contributed by atoms with Crippen molar-refractivity contribution in [3.63, 3.8) is 0 Å². The number of para-hydroxylation sites is 1. The highest BCUT2D eigenvalue weighted by molar-refractivity contribution is 5.67. The number of nitrogens with one attached hydrogen (secondary N) is 2. The van der Waals surface area contributed by atoms with Crippen LogP contribution in [0.25, 0.3) is 11.3 Å². The van der Waals surface area contributed by atoms with E-state index >= 15 is 0 Å². The monoisotopic (exact) mass is 376 g/mol. The van der Waals surface area contributed by atoms with Gasteiger partial charge in [-0.05, 0) is 17.0 Å². The lowest BCUT2D eigenvalue weighted by Crippen LogP contribution is -2.14. The standard InChI is InChI=1S/C23H28N4O/c1-23(2,3)18-12-8-9-13-19(18)25-22-26-20(17-10-6-5-7-11-17)16-21(27-22)24-14-15-28-4/h5-13,16H,14-15H2,1-4H3,(H2,24,25,26,27). The quantitative estimate of drug-likeness (QED) is 0.552. The van der Waals surface area contributed by atoms with Crippen LogP contribution in [0.3, 0.4) is 0 Å². The maximum absolute atomic E-state index is 5.14. The van der Waals surface area contributed by atoms with Crippen LogP contribution in [0.4, 0.5) is 17.5 Å². The molecule has 0 unspecified atom stereocenters.